The van der Waals surface area contributed by atoms with Crippen molar-refractivity contribution in [2.45, 2.75) is 44.9 Å². The number of ether oxygens (including phenoxy) is 1. The van der Waals surface area contributed by atoms with Crippen LogP contribution in [0.25, 0.3) is 0 Å². The van der Waals surface area contributed by atoms with E-state index in [9.17, 15) is 4.79 Å². The molecule has 0 bridgehead atoms. The van der Waals surface area contributed by atoms with Crippen LogP contribution in [0.15, 0.2) is 53.7 Å². The normalized spacial score (nSPS) is 12.1. The fourth-order valence-electron chi connectivity index (χ4n) is 3.02. The summed E-state index contributed by atoms with van der Waals surface area (Å²) in [7, 11) is 1.89. The van der Waals surface area contributed by atoms with Crippen molar-refractivity contribution < 1.29 is 9.53 Å². The Labute approximate surface area is 182 Å². The van der Waals surface area contributed by atoms with E-state index in [0.29, 0.717) is 16.9 Å². The molecular formula is C23H28N4O2S. The number of nitrogens with one attached hydrogen (secondary N) is 1. The van der Waals surface area contributed by atoms with Crippen LogP contribution in [0.2, 0.25) is 0 Å². The average Bonchev–Trinajstić information content (AvgIpc) is 3.09. The van der Waals surface area contributed by atoms with Gasteiger partial charge in [-0.05, 0) is 49.1 Å². The van der Waals surface area contributed by atoms with E-state index in [1.165, 1.54) is 17.3 Å². The van der Waals surface area contributed by atoms with Gasteiger partial charge in [-0.1, -0.05) is 55.9 Å². The van der Waals surface area contributed by atoms with Crippen LogP contribution >= 0.6 is 11.8 Å². The van der Waals surface area contributed by atoms with Crippen LogP contribution in [0.1, 0.15) is 49.7 Å². The molecule has 3 aromatic rings. The summed E-state index contributed by atoms with van der Waals surface area (Å²) in [6, 6.07) is 15.8. The van der Waals surface area contributed by atoms with Crippen molar-refractivity contribution in [3.8, 4) is 5.75 Å². The van der Waals surface area contributed by atoms with Gasteiger partial charge in [0.25, 0.3) is 0 Å². The van der Waals surface area contributed by atoms with E-state index in [0.717, 1.165) is 17.0 Å². The number of hydrogen-bond donors (Lipinski definition) is 1. The first-order chi connectivity index (χ1) is 14.3. The Balaban J connectivity index is 1.58. The number of benzene rings is 2. The molecule has 1 N–H and O–H groups in total. The lowest BCUT2D eigenvalue weighted by Gasteiger charge is -2.15. The fourth-order valence-corrected chi connectivity index (χ4v) is 3.74. The van der Waals surface area contributed by atoms with Gasteiger partial charge in [-0.15, -0.1) is 10.2 Å². The lowest BCUT2D eigenvalue weighted by molar-refractivity contribution is -0.113. The Morgan fingerprint density at radius 3 is 2.47 bits per heavy atom. The number of carbonyl (C=O) groups is 1. The molecule has 0 saturated carbocycles. The van der Waals surface area contributed by atoms with Gasteiger partial charge in [0.05, 0.1) is 5.75 Å². The first kappa shape index (κ1) is 21.9. The summed E-state index contributed by atoms with van der Waals surface area (Å²) in [5, 5.41) is 12.1. The maximum atomic E-state index is 12.3. The topological polar surface area (TPSA) is 69.0 Å². The van der Waals surface area contributed by atoms with Crippen molar-refractivity contribution in [3.05, 3.63) is 65.5 Å². The van der Waals surface area contributed by atoms with Crippen molar-refractivity contribution in [1.82, 2.24) is 14.8 Å². The largest absolute Gasteiger partial charge is 0.483 e. The zero-order valence-electron chi connectivity index (χ0n) is 18.0. The molecule has 0 aliphatic carbocycles. The summed E-state index contributed by atoms with van der Waals surface area (Å²) in [6.45, 7) is 8.24. The molecule has 2 aromatic carbocycles. The number of anilines is 1. The molecule has 1 aromatic heterocycles. The van der Waals surface area contributed by atoms with Gasteiger partial charge in [-0.3, -0.25) is 4.79 Å². The van der Waals surface area contributed by atoms with Gasteiger partial charge < -0.3 is 14.6 Å². The van der Waals surface area contributed by atoms with Gasteiger partial charge in [-0.25, -0.2) is 0 Å². The number of rotatable bonds is 8. The number of nitrogens with zero attached hydrogens (tertiary/aromatic N) is 3. The smallest absolute Gasteiger partial charge is 0.234 e. The second-order valence-corrected chi connectivity index (χ2v) is 8.48. The van der Waals surface area contributed by atoms with E-state index in [-0.39, 0.29) is 17.8 Å². The third kappa shape index (κ3) is 5.42. The monoisotopic (exact) mass is 424 g/mol. The van der Waals surface area contributed by atoms with Crippen molar-refractivity contribution in [1.29, 1.82) is 0 Å². The minimum Gasteiger partial charge on any atom is -0.483 e. The molecule has 0 spiro atoms. The van der Waals surface area contributed by atoms with Crippen LogP contribution in [0, 0.1) is 6.92 Å². The number of para-hydroxylation sites is 1. The molecule has 30 heavy (non-hydrogen) atoms. The number of aromatic nitrogens is 3. The van der Waals surface area contributed by atoms with Gasteiger partial charge in [0.1, 0.15) is 5.75 Å². The summed E-state index contributed by atoms with van der Waals surface area (Å²) < 4.78 is 7.91. The number of thioether (sulfide) groups is 1. The summed E-state index contributed by atoms with van der Waals surface area (Å²) in [4.78, 5) is 12.3. The lowest BCUT2D eigenvalue weighted by Crippen LogP contribution is -2.15. The summed E-state index contributed by atoms with van der Waals surface area (Å²) >= 11 is 1.35. The second kappa shape index (κ2) is 9.80. The highest BCUT2D eigenvalue weighted by Gasteiger charge is 2.18. The molecular weight excluding hydrogens is 396 g/mol. The Morgan fingerprint density at radius 2 is 1.80 bits per heavy atom. The zero-order valence-corrected chi connectivity index (χ0v) is 18.9. The molecule has 1 atom stereocenters. The van der Waals surface area contributed by atoms with E-state index in [4.69, 9.17) is 4.74 Å². The predicted molar refractivity (Wildman–Crippen MR) is 121 cm³/mol. The molecule has 1 heterocycles. The van der Waals surface area contributed by atoms with Crippen LogP contribution in [-0.4, -0.2) is 26.4 Å². The van der Waals surface area contributed by atoms with Crippen molar-refractivity contribution >= 4 is 23.4 Å². The molecule has 158 valence electrons. The SMILES string of the molecule is Cc1ccccc1NC(=O)CSc1nnc(C(C)Oc2ccc(C(C)C)cc2)n1C. The molecule has 0 radical (unpaired) electrons. The highest BCUT2D eigenvalue weighted by molar-refractivity contribution is 7.99. The van der Waals surface area contributed by atoms with Gasteiger partial charge in [-0.2, -0.15) is 0 Å². The first-order valence-corrected chi connectivity index (χ1v) is 11.0. The first-order valence-electron chi connectivity index (χ1n) is 9.99. The molecule has 0 fully saturated rings. The van der Waals surface area contributed by atoms with Crippen LogP contribution in [0.4, 0.5) is 5.69 Å². The molecule has 7 heteroatoms. The zero-order chi connectivity index (χ0) is 21.7. The van der Waals surface area contributed by atoms with Crippen molar-refractivity contribution in [2.75, 3.05) is 11.1 Å². The van der Waals surface area contributed by atoms with E-state index < -0.39 is 0 Å². The number of carbonyl (C=O) groups excluding carboxylic acids is 1. The molecule has 3 rings (SSSR count). The van der Waals surface area contributed by atoms with Crippen LogP contribution in [0.3, 0.4) is 0 Å². The Hall–Kier alpha value is -2.80. The van der Waals surface area contributed by atoms with Crippen LogP contribution < -0.4 is 10.1 Å². The molecule has 1 unspecified atom stereocenters. The van der Waals surface area contributed by atoms with Gasteiger partial charge in [0, 0.05) is 12.7 Å². The maximum absolute atomic E-state index is 12.3. The summed E-state index contributed by atoms with van der Waals surface area (Å²) in [5.41, 5.74) is 3.13. The fraction of sp³-hybridized carbons (Fsp3) is 0.348. The molecule has 1 amide bonds. The molecule has 6 nitrogen and oxygen atoms in total. The Kier molecular flexibility index (Phi) is 7.15. The second-order valence-electron chi connectivity index (χ2n) is 7.54. The van der Waals surface area contributed by atoms with Gasteiger partial charge in [0.15, 0.2) is 17.1 Å². The number of hydrogen-bond acceptors (Lipinski definition) is 5. The third-order valence-corrected chi connectivity index (χ3v) is 5.86. The van der Waals surface area contributed by atoms with Crippen LogP contribution in [-0.2, 0) is 11.8 Å². The van der Waals surface area contributed by atoms with E-state index >= 15 is 0 Å². The highest BCUT2D eigenvalue weighted by atomic mass is 32.2. The summed E-state index contributed by atoms with van der Waals surface area (Å²) in [5.74, 6) is 2.17. The molecule has 0 saturated heterocycles. The summed E-state index contributed by atoms with van der Waals surface area (Å²) in [6.07, 6.45) is -0.262. The number of aryl methyl sites for hydroxylation is 1. The maximum Gasteiger partial charge on any atom is 0.234 e. The third-order valence-electron chi connectivity index (χ3n) is 4.84. The van der Waals surface area contributed by atoms with E-state index in [1.807, 2.05) is 61.9 Å². The predicted octanol–water partition coefficient (Wildman–Crippen LogP) is 5.12. The van der Waals surface area contributed by atoms with Crippen LogP contribution in [0.5, 0.6) is 5.75 Å². The molecule has 0 aliphatic rings. The van der Waals surface area contributed by atoms with Crippen molar-refractivity contribution in [3.63, 3.8) is 0 Å². The van der Waals surface area contributed by atoms with Crippen molar-refractivity contribution in [2.24, 2.45) is 7.05 Å². The minimum absolute atomic E-state index is 0.0756. The van der Waals surface area contributed by atoms with Gasteiger partial charge >= 0.3 is 0 Å². The minimum atomic E-state index is -0.262. The quantitative estimate of drug-likeness (QED) is 0.509. The lowest BCUT2D eigenvalue weighted by atomic mass is 10.0. The van der Waals surface area contributed by atoms with E-state index in [2.05, 4.69) is 41.5 Å². The average molecular weight is 425 g/mol. The van der Waals surface area contributed by atoms with Gasteiger partial charge in [0.2, 0.25) is 5.91 Å². The van der Waals surface area contributed by atoms with E-state index in [1.54, 1.807) is 0 Å². The highest BCUT2D eigenvalue weighted by Crippen LogP contribution is 2.25. The standard InChI is InChI=1S/C23H28N4O2S/c1-15(2)18-10-12-19(13-11-18)29-17(4)22-25-26-23(27(22)5)30-14-21(28)24-20-9-7-6-8-16(20)3/h6-13,15,17H,14H2,1-5H3,(H,24,28). The Morgan fingerprint density at radius 1 is 1.10 bits per heavy atom. The Bertz CT molecular complexity index is 999. The molecule has 0 aliphatic heterocycles. The number of amides is 1.